The maximum Gasteiger partial charge on any atom is 0.127 e. The summed E-state index contributed by atoms with van der Waals surface area (Å²) in [6.45, 7) is 2.23. The molecule has 4 nitrogen and oxygen atoms in total. The van der Waals surface area contributed by atoms with Crippen LogP contribution in [0, 0.1) is 0 Å². The van der Waals surface area contributed by atoms with Crippen LogP contribution in [0.15, 0.2) is 30.3 Å². The van der Waals surface area contributed by atoms with Crippen molar-refractivity contribution in [1.29, 1.82) is 0 Å². The van der Waals surface area contributed by atoms with Gasteiger partial charge in [-0.3, -0.25) is 0 Å². The van der Waals surface area contributed by atoms with Crippen molar-refractivity contribution in [3.05, 3.63) is 36.0 Å². The van der Waals surface area contributed by atoms with Gasteiger partial charge >= 0.3 is 0 Å². The topological polar surface area (TPSA) is 53.1 Å². The lowest BCUT2D eigenvalue weighted by Crippen LogP contribution is -2.04. The second kappa shape index (κ2) is 3.77. The monoisotopic (exact) mass is 243 g/mol. The van der Waals surface area contributed by atoms with Crippen LogP contribution in [0.4, 0.5) is 5.82 Å². The van der Waals surface area contributed by atoms with Gasteiger partial charge in [0.2, 0.25) is 0 Å². The highest BCUT2D eigenvalue weighted by Crippen LogP contribution is 2.47. The van der Waals surface area contributed by atoms with E-state index in [9.17, 15) is 0 Å². The van der Waals surface area contributed by atoms with E-state index in [2.05, 4.69) is 12.0 Å². The lowest BCUT2D eigenvalue weighted by molar-refractivity contribution is 0.414. The molecule has 0 bridgehead atoms. The predicted molar refractivity (Wildman–Crippen MR) is 71.1 cm³/mol. The first-order valence-electron chi connectivity index (χ1n) is 6.13. The van der Waals surface area contributed by atoms with Gasteiger partial charge in [0.1, 0.15) is 11.6 Å². The third-order valence-electron chi connectivity index (χ3n) is 3.67. The fourth-order valence-corrected chi connectivity index (χ4v) is 2.06. The number of nitrogen functional groups attached to an aromatic ring is 1. The Bertz CT molecular complexity index is 567. The van der Waals surface area contributed by atoms with Gasteiger partial charge in [0.05, 0.1) is 18.5 Å². The van der Waals surface area contributed by atoms with E-state index in [-0.39, 0.29) is 5.41 Å². The summed E-state index contributed by atoms with van der Waals surface area (Å²) in [5.41, 5.74) is 8.33. The van der Waals surface area contributed by atoms with E-state index in [1.54, 1.807) is 11.8 Å². The molecule has 0 unspecified atom stereocenters. The molecule has 1 aliphatic rings. The fourth-order valence-electron chi connectivity index (χ4n) is 2.06. The summed E-state index contributed by atoms with van der Waals surface area (Å²) in [7, 11) is 1.66. The maximum atomic E-state index is 6.04. The molecule has 2 aromatic rings. The zero-order valence-corrected chi connectivity index (χ0v) is 10.7. The van der Waals surface area contributed by atoms with Crippen LogP contribution in [0.3, 0.4) is 0 Å². The van der Waals surface area contributed by atoms with E-state index in [0.29, 0.717) is 5.82 Å². The SMILES string of the molecule is COc1ccc(-n2nc(C3(C)CC3)cc2N)cc1. The summed E-state index contributed by atoms with van der Waals surface area (Å²) in [6.07, 6.45) is 2.40. The number of rotatable bonds is 3. The molecule has 1 fully saturated rings. The minimum atomic E-state index is 0.242. The third kappa shape index (κ3) is 1.74. The summed E-state index contributed by atoms with van der Waals surface area (Å²) >= 11 is 0. The molecule has 1 aliphatic carbocycles. The second-order valence-corrected chi connectivity index (χ2v) is 5.12. The zero-order chi connectivity index (χ0) is 12.8. The van der Waals surface area contributed by atoms with Gasteiger partial charge < -0.3 is 10.5 Å². The molecule has 18 heavy (non-hydrogen) atoms. The summed E-state index contributed by atoms with van der Waals surface area (Å²) in [5, 5.41) is 4.62. The van der Waals surface area contributed by atoms with Crippen molar-refractivity contribution in [3.63, 3.8) is 0 Å². The third-order valence-corrected chi connectivity index (χ3v) is 3.67. The van der Waals surface area contributed by atoms with Gasteiger partial charge in [-0.05, 0) is 37.1 Å². The molecule has 2 N–H and O–H groups in total. The van der Waals surface area contributed by atoms with E-state index in [1.807, 2.05) is 30.3 Å². The highest BCUT2D eigenvalue weighted by atomic mass is 16.5. The Balaban J connectivity index is 1.97. The molecule has 0 amide bonds. The van der Waals surface area contributed by atoms with Gasteiger partial charge in [-0.2, -0.15) is 5.10 Å². The lowest BCUT2D eigenvalue weighted by Gasteiger charge is -2.06. The van der Waals surface area contributed by atoms with Crippen molar-refractivity contribution in [2.75, 3.05) is 12.8 Å². The summed E-state index contributed by atoms with van der Waals surface area (Å²) in [4.78, 5) is 0. The normalized spacial score (nSPS) is 16.6. The molecule has 0 atom stereocenters. The number of benzene rings is 1. The number of methoxy groups -OCH3 is 1. The molecule has 3 rings (SSSR count). The Hall–Kier alpha value is -1.97. The highest BCUT2D eigenvalue weighted by molar-refractivity contribution is 5.46. The van der Waals surface area contributed by atoms with Crippen molar-refractivity contribution in [2.45, 2.75) is 25.2 Å². The Kier molecular flexibility index (Phi) is 2.33. The van der Waals surface area contributed by atoms with E-state index in [4.69, 9.17) is 10.5 Å². The van der Waals surface area contributed by atoms with Crippen LogP contribution in [-0.2, 0) is 5.41 Å². The molecule has 0 radical (unpaired) electrons. The fraction of sp³-hybridized carbons (Fsp3) is 0.357. The average Bonchev–Trinajstić information content (AvgIpc) is 3.01. The number of aromatic nitrogens is 2. The molecular formula is C14H17N3O. The maximum absolute atomic E-state index is 6.04. The number of hydrogen-bond donors (Lipinski definition) is 1. The summed E-state index contributed by atoms with van der Waals surface area (Å²) < 4.78 is 6.93. The number of ether oxygens (including phenoxy) is 1. The van der Waals surface area contributed by atoms with Crippen molar-refractivity contribution < 1.29 is 4.74 Å². The number of anilines is 1. The van der Waals surface area contributed by atoms with Crippen LogP contribution in [0.25, 0.3) is 5.69 Å². The van der Waals surface area contributed by atoms with Crippen LogP contribution in [0.2, 0.25) is 0 Å². The van der Waals surface area contributed by atoms with Gasteiger partial charge in [0.25, 0.3) is 0 Å². The quantitative estimate of drug-likeness (QED) is 0.901. The van der Waals surface area contributed by atoms with E-state index in [1.165, 1.54) is 12.8 Å². The lowest BCUT2D eigenvalue weighted by atomic mass is 10.1. The zero-order valence-electron chi connectivity index (χ0n) is 10.7. The molecule has 1 aromatic heterocycles. The summed E-state index contributed by atoms with van der Waals surface area (Å²) in [5.74, 6) is 1.52. The van der Waals surface area contributed by atoms with Gasteiger partial charge in [0, 0.05) is 11.5 Å². The van der Waals surface area contributed by atoms with Crippen molar-refractivity contribution in [1.82, 2.24) is 9.78 Å². The van der Waals surface area contributed by atoms with Crippen LogP contribution >= 0.6 is 0 Å². The average molecular weight is 243 g/mol. The van der Waals surface area contributed by atoms with Gasteiger partial charge in [-0.15, -0.1) is 0 Å². The molecule has 94 valence electrons. The highest BCUT2D eigenvalue weighted by Gasteiger charge is 2.41. The minimum Gasteiger partial charge on any atom is -0.497 e. The standard InChI is InChI=1S/C14H17N3O/c1-14(7-8-14)12-9-13(15)17(16-12)10-3-5-11(18-2)6-4-10/h3-6,9H,7-8,15H2,1-2H3. The molecule has 1 aromatic carbocycles. The molecule has 0 aliphatic heterocycles. The Labute approximate surface area is 106 Å². The first-order valence-corrected chi connectivity index (χ1v) is 6.13. The number of hydrogen-bond acceptors (Lipinski definition) is 3. The minimum absolute atomic E-state index is 0.242. The summed E-state index contributed by atoms with van der Waals surface area (Å²) in [6, 6.07) is 9.73. The molecule has 1 saturated carbocycles. The molecule has 4 heteroatoms. The first-order chi connectivity index (χ1) is 8.62. The molecule has 1 heterocycles. The Morgan fingerprint density at radius 3 is 2.50 bits per heavy atom. The van der Waals surface area contributed by atoms with Crippen molar-refractivity contribution in [3.8, 4) is 11.4 Å². The van der Waals surface area contributed by atoms with Crippen LogP contribution in [0.1, 0.15) is 25.5 Å². The molecular weight excluding hydrogens is 226 g/mol. The van der Waals surface area contributed by atoms with Crippen molar-refractivity contribution in [2.24, 2.45) is 0 Å². The van der Waals surface area contributed by atoms with Crippen LogP contribution < -0.4 is 10.5 Å². The predicted octanol–water partition coefficient (Wildman–Crippen LogP) is 2.51. The Morgan fingerprint density at radius 1 is 1.28 bits per heavy atom. The van der Waals surface area contributed by atoms with E-state index >= 15 is 0 Å². The van der Waals surface area contributed by atoms with Crippen LogP contribution in [-0.4, -0.2) is 16.9 Å². The molecule has 0 spiro atoms. The van der Waals surface area contributed by atoms with Crippen LogP contribution in [0.5, 0.6) is 5.75 Å². The van der Waals surface area contributed by atoms with Gasteiger partial charge in [-0.1, -0.05) is 6.92 Å². The molecule has 0 saturated heterocycles. The smallest absolute Gasteiger partial charge is 0.127 e. The van der Waals surface area contributed by atoms with E-state index < -0.39 is 0 Å². The largest absolute Gasteiger partial charge is 0.497 e. The van der Waals surface area contributed by atoms with Crippen molar-refractivity contribution >= 4 is 5.82 Å². The Morgan fingerprint density at radius 2 is 1.94 bits per heavy atom. The van der Waals surface area contributed by atoms with E-state index in [0.717, 1.165) is 17.1 Å². The second-order valence-electron chi connectivity index (χ2n) is 5.12. The van der Waals surface area contributed by atoms with Gasteiger partial charge in [-0.25, -0.2) is 4.68 Å². The van der Waals surface area contributed by atoms with Gasteiger partial charge in [0.15, 0.2) is 0 Å². The number of nitrogens with two attached hydrogens (primary N) is 1. The number of nitrogens with zero attached hydrogens (tertiary/aromatic N) is 2. The first kappa shape index (κ1) is 11.1.